The lowest BCUT2D eigenvalue weighted by molar-refractivity contribution is 0.0743. The van der Waals surface area contributed by atoms with Gasteiger partial charge in [0.05, 0.1) is 11.1 Å². The van der Waals surface area contributed by atoms with E-state index < -0.39 is 0 Å². The molecule has 0 aliphatic carbocycles. The molecule has 122 valence electrons. The van der Waals surface area contributed by atoms with Gasteiger partial charge in [0.25, 0.3) is 5.91 Å². The number of pyridine rings is 1. The fourth-order valence-electron chi connectivity index (χ4n) is 2.71. The maximum absolute atomic E-state index is 12.6. The summed E-state index contributed by atoms with van der Waals surface area (Å²) in [5, 5.41) is 19.4. The molecule has 24 heavy (non-hydrogen) atoms. The predicted octanol–water partition coefficient (Wildman–Crippen LogP) is 2.27. The molecule has 1 aromatic heterocycles. The average molecular weight is 343 g/mol. The zero-order chi connectivity index (χ0) is 17.1. The number of hydrogen-bond donors (Lipinski definition) is 1. The van der Waals surface area contributed by atoms with Crippen molar-refractivity contribution in [2.24, 2.45) is 0 Å². The van der Waals surface area contributed by atoms with E-state index in [0.717, 1.165) is 0 Å². The Kier molecular flexibility index (Phi) is 4.54. The van der Waals surface area contributed by atoms with Crippen molar-refractivity contribution in [2.75, 3.05) is 31.1 Å². The van der Waals surface area contributed by atoms with E-state index in [2.05, 4.69) is 11.1 Å². The van der Waals surface area contributed by atoms with Gasteiger partial charge < -0.3 is 14.9 Å². The molecule has 1 aromatic carbocycles. The number of halogens is 1. The number of benzene rings is 1. The largest absolute Gasteiger partial charge is 0.507 e. The summed E-state index contributed by atoms with van der Waals surface area (Å²) in [6.45, 7) is 2.09. The minimum Gasteiger partial charge on any atom is -0.507 e. The first-order chi connectivity index (χ1) is 11.6. The quantitative estimate of drug-likeness (QED) is 0.905. The lowest BCUT2D eigenvalue weighted by atomic mass is 10.1. The highest BCUT2D eigenvalue weighted by Gasteiger charge is 2.25. The van der Waals surface area contributed by atoms with Crippen LogP contribution < -0.4 is 4.90 Å². The molecule has 0 unspecified atom stereocenters. The molecule has 0 saturated carbocycles. The third-order valence-electron chi connectivity index (χ3n) is 3.96. The predicted molar refractivity (Wildman–Crippen MR) is 90.2 cm³/mol. The zero-order valence-electron chi connectivity index (χ0n) is 12.8. The van der Waals surface area contributed by atoms with Gasteiger partial charge >= 0.3 is 0 Å². The summed E-state index contributed by atoms with van der Waals surface area (Å²) in [4.78, 5) is 20.5. The summed E-state index contributed by atoms with van der Waals surface area (Å²) >= 11 is 5.91. The number of amides is 1. The fraction of sp³-hybridized carbons (Fsp3) is 0.235. The van der Waals surface area contributed by atoms with Gasteiger partial charge in [-0.05, 0) is 30.3 Å². The molecular formula is C17H15ClN4O2. The van der Waals surface area contributed by atoms with Gasteiger partial charge in [-0.2, -0.15) is 5.26 Å². The van der Waals surface area contributed by atoms with Crippen molar-refractivity contribution >= 4 is 23.3 Å². The van der Waals surface area contributed by atoms with Crippen molar-refractivity contribution in [1.82, 2.24) is 9.88 Å². The number of piperazine rings is 1. The van der Waals surface area contributed by atoms with Crippen LogP contribution in [0.15, 0.2) is 36.5 Å². The lowest BCUT2D eigenvalue weighted by Crippen LogP contribution is -2.49. The molecule has 1 aliphatic rings. The van der Waals surface area contributed by atoms with Crippen molar-refractivity contribution < 1.29 is 9.90 Å². The second kappa shape index (κ2) is 6.77. The maximum atomic E-state index is 12.6. The number of phenolic OH excluding ortho intramolecular Hbond substituents is 1. The SMILES string of the molecule is N#Cc1cccnc1N1CCN(C(=O)c2cc(Cl)ccc2O)CC1. The van der Waals surface area contributed by atoms with E-state index in [1.54, 1.807) is 23.2 Å². The number of nitriles is 1. The Labute approximate surface area is 144 Å². The highest BCUT2D eigenvalue weighted by Crippen LogP contribution is 2.24. The zero-order valence-corrected chi connectivity index (χ0v) is 13.6. The van der Waals surface area contributed by atoms with E-state index in [-0.39, 0.29) is 17.2 Å². The molecule has 0 bridgehead atoms. The molecule has 2 aromatic rings. The van der Waals surface area contributed by atoms with Gasteiger partial charge in [0.15, 0.2) is 0 Å². The van der Waals surface area contributed by atoms with Crippen LogP contribution in [0.1, 0.15) is 15.9 Å². The van der Waals surface area contributed by atoms with Gasteiger partial charge in [0, 0.05) is 37.4 Å². The van der Waals surface area contributed by atoms with Crippen LogP contribution in [0.4, 0.5) is 5.82 Å². The summed E-state index contributed by atoms with van der Waals surface area (Å²) in [5.74, 6) is 0.303. The van der Waals surface area contributed by atoms with Crippen LogP contribution >= 0.6 is 11.6 Å². The Morgan fingerprint density at radius 2 is 2.00 bits per heavy atom. The lowest BCUT2D eigenvalue weighted by Gasteiger charge is -2.35. The third kappa shape index (κ3) is 3.12. The monoisotopic (exact) mass is 342 g/mol. The van der Waals surface area contributed by atoms with E-state index >= 15 is 0 Å². The van der Waals surface area contributed by atoms with E-state index in [1.807, 2.05) is 4.90 Å². The van der Waals surface area contributed by atoms with Crippen molar-refractivity contribution in [3.05, 3.63) is 52.7 Å². The number of phenols is 1. The molecule has 2 heterocycles. The van der Waals surface area contributed by atoms with Crippen molar-refractivity contribution in [3.63, 3.8) is 0 Å². The number of aromatic hydroxyl groups is 1. The first-order valence-electron chi connectivity index (χ1n) is 7.48. The Bertz CT molecular complexity index is 810. The maximum Gasteiger partial charge on any atom is 0.257 e. The van der Waals surface area contributed by atoms with E-state index in [1.165, 1.54) is 18.2 Å². The molecule has 1 N–H and O–H groups in total. The van der Waals surface area contributed by atoms with Gasteiger partial charge in [0.2, 0.25) is 0 Å². The minimum absolute atomic E-state index is 0.0803. The number of nitrogens with zero attached hydrogens (tertiary/aromatic N) is 4. The van der Waals surface area contributed by atoms with Gasteiger partial charge in [-0.1, -0.05) is 11.6 Å². The summed E-state index contributed by atoms with van der Waals surface area (Å²) in [6.07, 6.45) is 1.65. The second-order valence-electron chi connectivity index (χ2n) is 5.43. The molecule has 1 aliphatic heterocycles. The molecule has 7 heteroatoms. The van der Waals surface area contributed by atoms with Crippen molar-refractivity contribution in [2.45, 2.75) is 0 Å². The summed E-state index contributed by atoms with van der Waals surface area (Å²) in [6, 6.07) is 10.0. The minimum atomic E-state index is -0.254. The average Bonchev–Trinajstić information content (AvgIpc) is 2.63. The summed E-state index contributed by atoms with van der Waals surface area (Å²) < 4.78 is 0. The van der Waals surface area contributed by atoms with Crippen LogP contribution in [-0.2, 0) is 0 Å². The Morgan fingerprint density at radius 3 is 2.71 bits per heavy atom. The van der Waals surface area contributed by atoms with E-state index in [0.29, 0.717) is 42.6 Å². The first-order valence-corrected chi connectivity index (χ1v) is 7.86. The van der Waals surface area contributed by atoms with Crippen molar-refractivity contribution in [3.8, 4) is 11.8 Å². The van der Waals surface area contributed by atoms with Crippen LogP contribution in [0.25, 0.3) is 0 Å². The van der Waals surface area contributed by atoms with Gasteiger partial charge in [-0.25, -0.2) is 4.98 Å². The number of anilines is 1. The number of aromatic nitrogens is 1. The second-order valence-corrected chi connectivity index (χ2v) is 5.86. The summed E-state index contributed by atoms with van der Waals surface area (Å²) in [5.41, 5.74) is 0.719. The van der Waals surface area contributed by atoms with Gasteiger partial charge in [-0.15, -0.1) is 0 Å². The van der Waals surface area contributed by atoms with Crippen LogP contribution in [-0.4, -0.2) is 47.1 Å². The molecular weight excluding hydrogens is 328 g/mol. The normalized spacial score (nSPS) is 14.3. The number of hydrogen-bond acceptors (Lipinski definition) is 5. The van der Waals surface area contributed by atoms with Crippen molar-refractivity contribution in [1.29, 1.82) is 5.26 Å². The standard InChI is InChI=1S/C17H15ClN4O2/c18-13-3-4-15(23)14(10-13)17(24)22-8-6-21(7-9-22)16-12(11-19)2-1-5-20-16/h1-5,10,23H,6-9H2. The van der Waals surface area contributed by atoms with Crippen LogP contribution in [0.5, 0.6) is 5.75 Å². The molecule has 1 amide bonds. The molecule has 6 nitrogen and oxygen atoms in total. The smallest absolute Gasteiger partial charge is 0.257 e. The third-order valence-corrected chi connectivity index (χ3v) is 4.20. The molecule has 0 spiro atoms. The summed E-state index contributed by atoms with van der Waals surface area (Å²) in [7, 11) is 0. The highest BCUT2D eigenvalue weighted by molar-refractivity contribution is 6.31. The van der Waals surface area contributed by atoms with E-state index in [9.17, 15) is 15.2 Å². The van der Waals surface area contributed by atoms with Crippen LogP contribution in [0, 0.1) is 11.3 Å². The highest BCUT2D eigenvalue weighted by atomic mass is 35.5. The fourth-order valence-corrected chi connectivity index (χ4v) is 2.88. The van der Waals surface area contributed by atoms with Crippen LogP contribution in [0.2, 0.25) is 5.02 Å². The molecule has 1 saturated heterocycles. The number of carbonyl (C=O) groups is 1. The first kappa shape index (κ1) is 16.1. The number of carbonyl (C=O) groups excluding carboxylic acids is 1. The molecule has 0 atom stereocenters. The van der Waals surface area contributed by atoms with Crippen LogP contribution in [0.3, 0.4) is 0 Å². The van der Waals surface area contributed by atoms with E-state index in [4.69, 9.17) is 11.6 Å². The molecule has 0 radical (unpaired) electrons. The molecule has 1 fully saturated rings. The Morgan fingerprint density at radius 1 is 1.25 bits per heavy atom. The molecule has 3 rings (SSSR count). The van der Waals surface area contributed by atoms with Gasteiger partial charge in [0.1, 0.15) is 17.6 Å². The Hall–Kier alpha value is -2.78. The number of rotatable bonds is 2. The van der Waals surface area contributed by atoms with Gasteiger partial charge in [-0.3, -0.25) is 4.79 Å². The Balaban J connectivity index is 1.72. The topological polar surface area (TPSA) is 80.5 Å².